The molecule has 0 fully saturated rings. The van der Waals surface area contributed by atoms with Crippen LogP contribution in [-0.2, 0) is 18.9 Å². The maximum absolute atomic E-state index is 12.3. The van der Waals surface area contributed by atoms with Crippen molar-refractivity contribution in [3.05, 3.63) is 24.3 Å². The van der Waals surface area contributed by atoms with Gasteiger partial charge in [0.1, 0.15) is 17.1 Å². The third-order valence-electron chi connectivity index (χ3n) is 3.45. The molecule has 0 aliphatic heterocycles. The van der Waals surface area contributed by atoms with E-state index in [9.17, 15) is 4.79 Å². The van der Waals surface area contributed by atoms with Crippen molar-refractivity contribution in [1.82, 2.24) is 29.3 Å². The molecule has 8 heteroatoms. The molecule has 0 aliphatic rings. The number of nitrogens with zero attached hydrogens (tertiary/aromatic N) is 6. The molecule has 110 valence electrons. The van der Waals surface area contributed by atoms with Gasteiger partial charge in [0, 0.05) is 20.3 Å². The molecule has 21 heavy (non-hydrogen) atoms. The van der Waals surface area contributed by atoms with Crippen molar-refractivity contribution in [2.24, 2.45) is 14.1 Å². The molecule has 3 aromatic rings. The molecule has 0 radical (unpaired) electrons. The Balaban J connectivity index is 1.84. The van der Waals surface area contributed by atoms with Gasteiger partial charge in [0.15, 0.2) is 0 Å². The van der Waals surface area contributed by atoms with Gasteiger partial charge in [0.2, 0.25) is 5.91 Å². The van der Waals surface area contributed by atoms with Crippen LogP contribution in [0.3, 0.4) is 0 Å². The summed E-state index contributed by atoms with van der Waals surface area (Å²) in [5.41, 5.74) is 3.25. The topological polar surface area (TPSA) is 82.6 Å². The smallest absolute Gasteiger partial charge is 0.249 e. The number of carbonyl (C=O) groups is 1. The minimum Gasteiger partial charge on any atom is -0.322 e. The monoisotopic (exact) mass is 287 g/mol. The first kappa shape index (κ1) is 13.3. The second-order valence-corrected chi connectivity index (χ2v) is 5.12. The minimum absolute atomic E-state index is 0.138. The third-order valence-corrected chi connectivity index (χ3v) is 3.45. The summed E-state index contributed by atoms with van der Waals surface area (Å²) in [6, 6.07) is -0.419. The molecule has 1 N–H and O–H groups in total. The van der Waals surface area contributed by atoms with Crippen LogP contribution >= 0.6 is 0 Å². The average Bonchev–Trinajstić information content (AvgIpc) is 3.09. The molecule has 8 nitrogen and oxygen atoms in total. The molecule has 0 saturated heterocycles. The van der Waals surface area contributed by atoms with E-state index in [2.05, 4.69) is 20.6 Å². The summed E-state index contributed by atoms with van der Waals surface area (Å²) in [7, 11) is 3.66. The van der Waals surface area contributed by atoms with Gasteiger partial charge in [0.05, 0.1) is 23.8 Å². The van der Waals surface area contributed by atoms with Crippen molar-refractivity contribution in [2.45, 2.75) is 19.9 Å². The SMILES string of the molecule is Cc1nn(C)c2cn(C(C)C(=O)Nc3cnn(C)c3)nc12. The number of aryl methyl sites for hydroxylation is 3. The van der Waals surface area contributed by atoms with Crippen LogP contribution in [0.15, 0.2) is 18.6 Å². The Bertz CT molecular complexity index is 775. The highest BCUT2D eigenvalue weighted by Gasteiger charge is 2.19. The summed E-state index contributed by atoms with van der Waals surface area (Å²) in [4.78, 5) is 12.3. The van der Waals surface area contributed by atoms with Gasteiger partial charge < -0.3 is 5.32 Å². The molecule has 0 spiro atoms. The van der Waals surface area contributed by atoms with Crippen molar-refractivity contribution in [2.75, 3.05) is 5.32 Å². The van der Waals surface area contributed by atoms with Crippen LogP contribution < -0.4 is 5.32 Å². The maximum atomic E-state index is 12.3. The first-order chi connectivity index (χ1) is 9.95. The van der Waals surface area contributed by atoms with Gasteiger partial charge >= 0.3 is 0 Å². The Labute approximate surface area is 121 Å². The van der Waals surface area contributed by atoms with Crippen molar-refractivity contribution in [1.29, 1.82) is 0 Å². The van der Waals surface area contributed by atoms with Crippen LogP contribution in [0.5, 0.6) is 0 Å². The number of rotatable bonds is 3. The predicted molar refractivity (Wildman–Crippen MR) is 77.8 cm³/mol. The molecule has 0 saturated carbocycles. The van der Waals surface area contributed by atoms with Gasteiger partial charge in [-0.25, -0.2) is 0 Å². The number of aromatic nitrogens is 6. The van der Waals surface area contributed by atoms with Gasteiger partial charge in [-0.1, -0.05) is 0 Å². The zero-order valence-electron chi connectivity index (χ0n) is 12.4. The van der Waals surface area contributed by atoms with Crippen LogP contribution in [0.4, 0.5) is 5.69 Å². The van der Waals surface area contributed by atoms with Crippen LogP contribution in [-0.4, -0.2) is 35.2 Å². The Morgan fingerprint density at radius 2 is 2.05 bits per heavy atom. The summed E-state index contributed by atoms with van der Waals surface area (Å²) in [6.45, 7) is 3.71. The van der Waals surface area contributed by atoms with E-state index >= 15 is 0 Å². The first-order valence-corrected chi connectivity index (χ1v) is 6.63. The fourth-order valence-electron chi connectivity index (χ4n) is 2.25. The fourth-order valence-corrected chi connectivity index (χ4v) is 2.25. The van der Waals surface area contributed by atoms with Crippen molar-refractivity contribution in [3.63, 3.8) is 0 Å². The van der Waals surface area contributed by atoms with Gasteiger partial charge in [-0.3, -0.25) is 18.8 Å². The van der Waals surface area contributed by atoms with E-state index in [0.29, 0.717) is 5.69 Å². The van der Waals surface area contributed by atoms with E-state index in [-0.39, 0.29) is 5.91 Å². The van der Waals surface area contributed by atoms with Gasteiger partial charge in [-0.2, -0.15) is 15.3 Å². The summed E-state index contributed by atoms with van der Waals surface area (Å²) in [5, 5.41) is 15.6. The molecule has 3 heterocycles. The van der Waals surface area contributed by atoms with Crippen molar-refractivity contribution < 1.29 is 4.79 Å². The Hall–Kier alpha value is -2.64. The van der Waals surface area contributed by atoms with E-state index in [4.69, 9.17) is 0 Å². The largest absolute Gasteiger partial charge is 0.322 e. The van der Waals surface area contributed by atoms with E-state index in [0.717, 1.165) is 16.7 Å². The summed E-state index contributed by atoms with van der Waals surface area (Å²) < 4.78 is 5.06. The quantitative estimate of drug-likeness (QED) is 0.779. The molecule has 0 aliphatic carbocycles. The Morgan fingerprint density at radius 1 is 1.29 bits per heavy atom. The molecule has 3 rings (SSSR count). The van der Waals surface area contributed by atoms with Gasteiger partial charge in [-0.05, 0) is 13.8 Å². The number of nitrogens with one attached hydrogen (secondary N) is 1. The van der Waals surface area contributed by atoms with Crippen LogP contribution in [0.25, 0.3) is 11.0 Å². The molecule has 1 amide bonds. The van der Waals surface area contributed by atoms with E-state index in [1.807, 2.05) is 20.2 Å². The first-order valence-electron chi connectivity index (χ1n) is 6.63. The highest BCUT2D eigenvalue weighted by Crippen LogP contribution is 2.18. The zero-order chi connectivity index (χ0) is 15.1. The molecule has 1 unspecified atom stereocenters. The molecule has 1 atom stereocenters. The van der Waals surface area contributed by atoms with Crippen molar-refractivity contribution >= 4 is 22.6 Å². The number of hydrogen-bond donors (Lipinski definition) is 1. The maximum Gasteiger partial charge on any atom is 0.249 e. The lowest BCUT2D eigenvalue weighted by molar-refractivity contribution is -0.119. The zero-order valence-corrected chi connectivity index (χ0v) is 12.4. The molecular weight excluding hydrogens is 270 g/mol. The number of anilines is 1. The molecule has 0 bridgehead atoms. The average molecular weight is 287 g/mol. The lowest BCUT2D eigenvalue weighted by Gasteiger charge is -2.11. The number of hydrogen-bond acceptors (Lipinski definition) is 4. The normalized spacial score (nSPS) is 12.8. The van der Waals surface area contributed by atoms with E-state index in [1.165, 1.54) is 0 Å². The molecule has 0 aromatic carbocycles. The second-order valence-electron chi connectivity index (χ2n) is 5.12. The second kappa shape index (κ2) is 4.72. The lowest BCUT2D eigenvalue weighted by Crippen LogP contribution is -2.24. The Morgan fingerprint density at radius 3 is 2.67 bits per heavy atom. The number of amides is 1. The van der Waals surface area contributed by atoms with Crippen molar-refractivity contribution in [3.8, 4) is 0 Å². The third kappa shape index (κ3) is 2.28. The van der Waals surface area contributed by atoms with Crippen LogP contribution in [0.2, 0.25) is 0 Å². The summed E-state index contributed by atoms with van der Waals surface area (Å²) >= 11 is 0. The number of fused-ring (bicyclic) bond motifs is 1. The number of carbonyl (C=O) groups excluding carboxylic acids is 1. The fraction of sp³-hybridized carbons (Fsp3) is 0.385. The van der Waals surface area contributed by atoms with E-state index < -0.39 is 6.04 Å². The van der Waals surface area contributed by atoms with E-state index in [1.54, 1.807) is 40.4 Å². The highest BCUT2D eigenvalue weighted by molar-refractivity contribution is 5.93. The Kier molecular flexibility index (Phi) is 3.00. The van der Waals surface area contributed by atoms with Gasteiger partial charge in [-0.15, -0.1) is 0 Å². The van der Waals surface area contributed by atoms with Gasteiger partial charge in [0.25, 0.3) is 0 Å². The summed E-state index contributed by atoms with van der Waals surface area (Å²) in [5.74, 6) is -0.138. The summed E-state index contributed by atoms with van der Waals surface area (Å²) in [6.07, 6.45) is 5.19. The lowest BCUT2D eigenvalue weighted by atomic mass is 10.3. The molecule has 3 aromatic heterocycles. The minimum atomic E-state index is -0.419. The standard InChI is InChI=1S/C13H17N7O/c1-8-12-11(19(4)16-8)7-20(17-12)9(2)13(21)15-10-5-14-18(3)6-10/h5-7,9H,1-4H3,(H,15,21). The molecular formula is C13H17N7O. The predicted octanol–water partition coefficient (Wildman–Crippen LogP) is 1.01. The highest BCUT2D eigenvalue weighted by atomic mass is 16.2. The van der Waals surface area contributed by atoms with Crippen LogP contribution in [0.1, 0.15) is 18.7 Å². The van der Waals surface area contributed by atoms with Crippen LogP contribution in [0, 0.1) is 6.92 Å².